The second kappa shape index (κ2) is 4.60. The maximum absolute atomic E-state index is 12.8. The molecule has 1 aromatic carbocycles. The summed E-state index contributed by atoms with van der Waals surface area (Å²) in [6.07, 6.45) is 3.12. The predicted molar refractivity (Wildman–Crippen MR) is 79.2 cm³/mol. The van der Waals surface area contributed by atoms with Gasteiger partial charge in [-0.2, -0.15) is 0 Å². The molecule has 2 aliphatic heterocycles. The van der Waals surface area contributed by atoms with Crippen LogP contribution in [-0.4, -0.2) is 34.1 Å². The number of piperidine rings is 1. The highest BCUT2D eigenvalue weighted by atomic mass is 16.3. The number of amides is 1. The molecule has 110 valence electrons. The number of hydrogen-bond acceptors (Lipinski definition) is 3. The van der Waals surface area contributed by atoms with Crippen molar-refractivity contribution in [1.82, 2.24) is 4.90 Å². The summed E-state index contributed by atoms with van der Waals surface area (Å²) >= 11 is 0. The summed E-state index contributed by atoms with van der Waals surface area (Å²) in [6, 6.07) is 8.11. The molecule has 2 aromatic rings. The number of fused-ring (bicyclic) bond motifs is 3. The molecule has 3 heterocycles. The van der Waals surface area contributed by atoms with E-state index >= 15 is 0 Å². The smallest absolute Gasteiger partial charge is 0.290 e. The molecule has 2 saturated heterocycles. The van der Waals surface area contributed by atoms with Gasteiger partial charge in [0.15, 0.2) is 5.76 Å². The van der Waals surface area contributed by atoms with Gasteiger partial charge < -0.3 is 14.4 Å². The third-order valence-electron chi connectivity index (χ3n) is 4.83. The van der Waals surface area contributed by atoms with Gasteiger partial charge in [-0.1, -0.05) is 11.6 Å². The maximum Gasteiger partial charge on any atom is 0.290 e. The summed E-state index contributed by atoms with van der Waals surface area (Å²) in [4.78, 5) is 14.7. The molecule has 1 aromatic heterocycles. The molecule has 4 heteroatoms. The molecular weight excluding hydrogens is 266 g/mol. The fourth-order valence-corrected chi connectivity index (χ4v) is 3.88. The normalized spacial score (nSPS) is 28.3. The molecule has 0 spiro atoms. The number of carbonyl (C=O) groups excluding carboxylic acids is 1. The quantitative estimate of drug-likeness (QED) is 0.876. The monoisotopic (exact) mass is 285 g/mol. The number of rotatable bonds is 1. The number of carbonyl (C=O) groups is 1. The Balaban J connectivity index is 1.67. The van der Waals surface area contributed by atoms with Crippen LogP contribution in [0.5, 0.6) is 0 Å². The van der Waals surface area contributed by atoms with E-state index in [-0.39, 0.29) is 24.1 Å². The average Bonchev–Trinajstić information content (AvgIpc) is 2.97. The minimum Gasteiger partial charge on any atom is -0.451 e. The minimum absolute atomic E-state index is 0.0248. The Hall–Kier alpha value is -1.81. The van der Waals surface area contributed by atoms with Crippen molar-refractivity contribution in [2.45, 2.75) is 50.8 Å². The van der Waals surface area contributed by atoms with Gasteiger partial charge in [0, 0.05) is 17.5 Å². The molecule has 0 radical (unpaired) electrons. The lowest BCUT2D eigenvalue weighted by molar-refractivity contribution is 0.0266. The predicted octanol–water partition coefficient (Wildman–Crippen LogP) is 2.87. The lowest BCUT2D eigenvalue weighted by atomic mass is 9.99. The van der Waals surface area contributed by atoms with E-state index in [1.165, 1.54) is 0 Å². The molecule has 21 heavy (non-hydrogen) atoms. The maximum atomic E-state index is 12.8. The van der Waals surface area contributed by atoms with Crippen LogP contribution in [0.3, 0.4) is 0 Å². The van der Waals surface area contributed by atoms with Crippen LogP contribution in [0.25, 0.3) is 11.0 Å². The summed E-state index contributed by atoms with van der Waals surface area (Å²) in [5, 5.41) is 10.8. The van der Waals surface area contributed by atoms with Crippen LogP contribution < -0.4 is 0 Å². The number of aryl methyl sites for hydroxylation is 1. The lowest BCUT2D eigenvalue weighted by Crippen LogP contribution is -2.47. The Labute approximate surface area is 123 Å². The molecule has 2 bridgehead atoms. The van der Waals surface area contributed by atoms with Crippen LogP contribution >= 0.6 is 0 Å². The van der Waals surface area contributed by atoms with Crippen molar-refractivity contribution < 1.29 is 14.3 Å². The molecule has 1 amide bonds. The standard InChI is InChI=1S/C17H19NO3/c1-10-2-5-15-11(6-10)7-16(21-15)17(20)18-12-3-4-13(18)9-14(19)8-12/h2,5-7,12-14,19H,3-4,8-9H2,1H3. The first-order chi connectivity index (χ1) is 10.1. The number of nitrogens with zero attached hydrogens (tertiary/aromatic N) is 1. The highest BCUT2D eigenvalue weighted by molar-refractivity contribution is 5.96. The van der Waals surface area contributed by atoms with Crippen molar-refractivity contribution in [2.75, 3.05) is 0 Å². The zero-order valence-corrected chi connectivity index (χ0v) is 12.1. The zero-order valence-electron chi connectivity index (χ0n) is 12.1. The third kappa shape index (κ3) is 2.05. The first kappa shape index (κ1) is 12.9. The van der Waals surface area contributed by atoms with E-state index in [0.29, 0.717) is 18.6 Å². The molecule has 1 N–H and O–H groups in total. The Morgan fingerprint density at radius 3 is 2.67 bits per heavy atom. The lowest BCUT2D eigenvalue weighted by Gasteiger charge is -2.36. The van der Waals surface area contributed by atoms with Crippen LogP contribution in [0.2, 0.25) is 0 Å². The van der Waals surface area contributed by atoms with Gasteiger partial charge in [0.1, 0.15) is 5.58 Å². The van der Waals surface area contributed by atoms with Crippen LogP contribution in [0.4, 0.5) is 0 Å². The zero-order chi connectivity index (χ0) is 14.6. The summed E-state index contributed by atoms with van der Waals surface area (Å²) in [5.74, 6) is 0.396. The van der Waals surface area contributed by atoms with Crippen molar-refractivity contribution in [3.8, 4) is 0 Å². The minimum atomic E-state index is -0.259. The molecule has 4 rings (SSSR count). The first-order valence-electron chi connectivity index (χ1n) is 7.63. The van der Waals surface area contributed by atoms with Crippen molar-refractivity contribution >= 4 is 16.9 Å². The number of aliphatic hydroxyl groups is 1. The molecule has 2 aliphatic rings. The van der Waals surface area contributed by atoms with E-state index in [1.807, 2.05) is 36.1 Å². The van der Waals surface area contributed by atoms with E-state index in [0.717, 1.165) is 29.4 Å². The Morgan fingerprint density at radius 1 is 1.24 bits per heavy atom. The van der Waals surface area contributed by atoms with E-state index in [2.05, 4.69) is 0 Å². The van der Waals surface area contributed by atoms with Crippen molar-refractivity contribution in [1.29, 1.82) is 0 Å². The van der Waals surface area contributed by atoms with Gasteiger partial charge in [0.25, 0.3) is 5.91 Å². The average molecular weight is 285 g/mol. The van der Waals surface area contributed by atoms with Crippen LogP contribution in [0.15, 0.2) is 28.7 Å². The van der Waals surface area contributed by atoms with Gasteiger partial charge in [-0.3, -0.25) is 4.79 Å². The van der Waals surface area contributed by atoms with Crippen molar-refractivity contribution in [2.24, 2.45) is 0 Å². The van der Waals surface area contributed by atoms with E-state index < -0.39 is 0 Å². The molecule has 4 nitrogen and oxygen atoms in total. The van der Waals surface area contributed by atoms with Gasteiger partial charge in [-0.05, 0) is 50.8 Å². The molecular formula is C17H19NO3. The molecule has 2 atom stereocenters. The summed E-state index contributed by atoms with van der Waals surface area (Å²) in [7, 11) is 0. The number of benzene rings is 1. The molecule has 0 aliphatic carbocycles. The number of aliphatic hydroxyl groups excluding tert-OH is 1. The summed E-state index contributed by atoms with van der Waals surface area (Å²) < 4.78 is 5.74. The van der Waals surface area contributed by atoms with Crippen LogP contribution in [0, 0.1) is 6.92 Å². The fourth-order valence-electron chi connectivity index (χ4n) is 3.88. The van der Waals surface area contributed by atoms with E-state index in [9.17, 15) is 9.90 Å². The highest BCUT2D eigenvalue weighted by Crippen LogP contribution is 2.37. The van der Waals surface area contributed by atoms with E-state index in [4.69, 9.17) is 4.42 Å². The molecule has 2 fully saturated rings. The fraction of sp³-hybridized carbons (Fsp3) is 0.471. The Kier molecular flexibility index (Phi) is 2.82. The summed E-state index contributed by atoms with van der Waals surface area (Å²) in [6.45, 7) is 2.03. The Bertz CT molecular complexity index is 691. The van der Waals surface area contributed by atoms with Crippen LogP contribution in [0.1, 0.15) is 41.8 Å². The second-order valence-electron chi connectivity index (χ2n) is 6.37. The van der Waals surface area contributed by atoms with Gasteiger partial charge in [-0.15, -0.1) is 0 Å². The van der Waals surface area contributed by atoms with Crippen molar-refractivity contribution in [3.05, 3.63) is 35.6 Å². The molecule has 0 saturated carbocycles. The second-order valence-corrected chi connectivity index (χ2v) is 6.37. The molecule has 2 unspecified atom stereocenters. The Morgan fingerprint density at radius 2 is 1.95 bits per heavy atom. The van der Waals surface area contributed by atoms with Gasteiger partial charge in [0.2, 0.25) is 0 Å². The first-order valence-corrected chi connectivity index (χ1v) is 7.63. The third-order valence-corrected chi connectivity index (χ3v) is 4.83. The largest absolute Gasteiger partial charge is 0.451 e. The topological polar surface area (TPSA) is 53.7 Å². The van der Waals surface area contributed by atoms with Crippen molar-refractivity contribution in [3.63, 3.8) is 0 Å². The highest BCUT2D eigenvalue weighted by Gasteiger charge is 2.43. The number of hydrogen-bond donors (Lipinski definition) is 1. The van der Waals surface area contributed by atoms with Gasteiger partial charge in [-0.25, -0.2) is 0 Å². The number of furan rings is 1. The van der Waals surface area contributed by atoms with Gasteiger partial charge >= 0.3 is 0 Å². The van der Waals surface area contributed by atoms with Crippen LogP contribution in [-0.2, 0) is 0 Å². The van der Waals surface area contributed by atoms with E-state index in [1.54, 1.807) is 0 Å². The van der Waals surface area contributed by atoms with Gasteiger partial charge in [0.05, 0.1) is 6.10 Å². The summed E-state index contributed by atoms with van der Waals surface area (Å²) in [5.41, 5.74) is 1.91. The SMILES string of the molecule is Cc1ccc2oc(C(=O)N3C4CCC3CC(O)C4)cc2c1.